The van der Waals surface area contributed by atoms with Crippen LogP contribution in [0.15, 0.2) is 77.5 Å². The van der Waals surface area contributed by atoms with Crippen LogP contribution >= 0.6 is 0 Å². The molecular weight excluding hydrogens is 402 g/mol. The fraction of sp³-hybridized carbons (Fsp3) is 0.346. The molecule has 0 aliphatic carbocycles. The van der Waals surface area contributed by atoms with Gasteiger partial charge in [-0.1, -0.05) is 48.5 Å². The van der Waals surface area contributed by atoms with Gasteiger partial charge in [0, 0.05) is 37.2 Å². The standard InChI is InChI=1S/C26H27N3O3/c30-23(17-20-7-3-1-4-8-20)29-18-22(24-27-13-16-32-24)26(19-29)11-14-28(15-12-26)25(31)21-9-5-2-6-10-21/h1-10,13,16,22H,11-12,14-15,17-19H2. The minimum absolute atomic E-state index is 0.0474. The summed E-state index contributed by atoms with van der Waals surface area (Å²) in [7, 11) is 0. The van der Waals surface area contributed by atoms with Crippen LogP contribution in [0.2, 0.25) is 0 Å². The summed E-state index contributed by atoms with van der Waals surface area (Å²) >= 11 is 0. The maximum absolute atomic E-state index is 13.1. The van der Waals surface area contributed by atoms with E-state index >= 15 is 0 Å². The van der Waals surface area contributed by atoms with Gasteiger partial charge in [0.15, 0.2) is 5.89 Å². The third kappa shape index (κ3) is 3.93. The summed E-state index contributed by atoms with van der Waals surface area (Å²) in [5.74, 6) is 0.949. The van der Waals surface area contributed by atoms with Crippen molar-refractivity contribution in [2.45, 2.75) is 25.2 Å². The highest BCUT2D eigenvalue weighted by molar-refractivity contribution is 5.94. The molecule has 3 aromatic rings. The van der Waals surface area contributed by atoms with Gasteiger partial charge in [-0.25, -0.2) is 4.98 Å². The van der Waals surface area contributed by atoms with Gasteiger partial charge in [-0.15, -0.1) is 0 Å². The molecule has 2 aliphatic heterocycles. The van der Waals surface area contributed by atoms with Gasteiger partial charge in [0.1, 0.15) is 6.26 Å². The average Bonchev–Trinajstić information content (AvgIpc) is 3.49. The number of carbonyl (C=O) groups excluding carboxylic acids is 2. The van der Waals surface area contributed by atoms with E-state index in [-0.39, 0.29) is 23.1 Å². The summed E-state index contributed by atoms with van der Waals surface area (Å²) in [6.45, 7) is 2.63. The smallest absolute Gasteiger partial charge is 0.253 e. The number of likely N-dealkylation sites (tertiary alicyclic amines) is 2. The molecule has 1 atom stereocenters. The first-order valence-electron chi connectivity index (χ1n) is 11.2. The quantitative estimate of drug-likeness (QED) is 0.633. The SMILES string of the molecule is O=C(Cc1ccccc1)N1CC(c2ncco2)C2(CCN(C(=O)c3ccccc3)CC2)C1. The zero-order valence-corrected chi connectivity index (χ0v) is 18.0. The summed E-state index contributed by atoms with van der Waals surface area (Å²) in [5.41, 5.74) is 1.62. The normalized spacial score (nSPS) is 19.9. The first-order chi connectivity index (χ1) is 15.6. The van der Waals surface area contributed by atoms with Crippen LogP contribution in [0.4, 0.5) is 0 Å². The molecule has 2 saturated heterocycles. The van der Waals surface area contributed by atoms with E-state index in [1.54, 1.807) is 12.5 Å². The molecule has 2 fully saturated rings. The fourth-order valence-electron chi connectivity index (χ4n) is 5.21. The van der Waals surface area contributed by atoms with Crippen LogP contribution in [0.25, 0.3) is 0 Å². The van der Waals surface area contributed by atoms with E-state index in [9.17, 15) is 9.59 Å². The molecule has 0 radical (unpaired) electrons. The minimum Gasteiger partial charge on any atom is -0.449 e. The average molecular weight is 430 g/mol. The lowest BCUT2D eigenvalue weighted by atomic mass is 9.70. The van der Waals surface area contributed by atoms with Gasteiger partial charge in [0.25, 0.3) is 5.91 Å². The molecular formula is C26H27N3O3. The van der Waals surface area contributed by atoms with E-state index in [2.05, 4.69) is 4.98 Å². The Kier molecular flexibility index (Phi) is 5.52. The van der Waals surface area contributed by atoms with Gasteiger partial charge in [-0.2, -0.15) is 0 Å². The monoisotopic (exact) mass is 429 g/mol. The van der Waals surface area contributed by atoms with Crippen LogP contribution in [0.3, 0.4) is 0 Å². The van der Waals surface area contributed by atoms with E-state index in [4.69, 9.17) is 4.42 Å². The molecule has 2 amide bonds. The lowest BCUT2D eigenvalue weighted by Crippen LogP contribution is -2.46. The Morgan fingerprint density at radius 1 is 0.969 bits per heavy atom. The number of benzene rings is 2. The van der Waals surface area contributed by atoms with Crippen molar-refractivity contribution in [3.8, 4) is 0 Å². The van der Waals surface area contributed by atoms with E-state index in [0.29, 0.717) is 38.5 Å². The number of aromatic nitrogens is 1. The summed E-state index contributed by atoms with van der Waals surface area (Å²) in [5, 5.41) is 0. The Bertz CT molecular complexity index is 1060. The molecule has 1 aromatic heterocycles. The van der Waals surface area contributed by atoms with Crippen molar-refractivity contribution in [3.63, 3.8) is 0 Å². The van der Waals surface area contributed by atoms with Crippen molar-refractivity contribution in [1.29, 1.82) is 0 Å². The van der Waals surface area contributed by atoms with Gasteiger partial charge in [0.2, 0.25) is 5.91 Å². The molecule has 5 rings (SSSR count). The van der Waals surface area contributed by atoms with E-state index < -0.39 is 0 Å². The third-order valence-electron chi connectivity index (χ3n) is 7.02. The molecule has 1 spiro atoms. The molecule has 2 aromatic carbocycles. The maximum Gasteiger partial charge on any atom is 0.253 e. The van der Waals surface area contributed by atoms with Crippen LogP contribution in [-0.4, -0.2) is 52.8 Å². The van der Waals surface area contributed by atoms with Crippen LogP contribution in [0.5, 0.6) is 0 Å². The lowest BCUT2D eigenvalue weighted by Gasteiger charge is -2.41. The highest BCUT2D eigenvalue weighted by Gasteiger charge is 2.52. The van der Waals surface area contributed by atoms with Gasteiger partial charge >= 0.3 is 0 Å². The Hall–Kier alpha value is -3.41. The number of hydrogen-bond acceptors (Lipinski definition) is 4. The number of nitrogens with zero attached hydrogens (tertiary/aromatic N) is 3. The number of carbonyl (C=O) groups is 2. The number of oxazole rings is 1. The second-order valence-corrected chi connectivity index (χ2v) is 8.88. The Balaban J connectivity index is 1.32. The van der Waals surface area contributed by atoms with Crippen LogP contribution in [0.1, 0.15) is 40.6 Å². The molecule has 6 heteroatoms. The minimum atomic E-state index is -0.120. The molecule has 1 unspecified atom stereocenters. The number of hydrogen-bond donors (Lipinski definition) is 0. The Labute approximate surface area is 187 Å². The first kappa shape index (κ1) is 20.5. The molecule has 3 heterocycles. The van der Waals surface area contributed by atoms with Crippen LogP contribution in [-0.2, 0) is 11.2 Å². The molecule has 32 heavy (non-hydrogen) atoms. The molecule has 0 bridgehead atoms. The van der Waals surface area contributed by atoms with E-state index in [0.717, 1.165) is 24.0 Å². The fourth-order valence-corrected chi connectivity index (χ4v) is 5.21. The van der Waals surface area contributed by atoms with E-state index in [1.165, 1.54) is 0 Å². The number of rotatable bonds is 4. The highest BCUT2D eigenvalue weighted by atomic mass is 16.3. The van der Waals surface area contributed by atoms with Crippen LogP contribution < -0.4 is 0 Å². The molecule has 164 valence electrons. The molecule has 2 aliphatic rings. The molecule has 6 nitrogen and oxygen atoms in total. The lowest BCUT2D eigenvalue weighted by molar-refractivity contribution is -0.130. The van der Waals surface area contributed by atoms with Crippen molar-refractivity contribution in [2.75, 3.05) is 26.2 Å². The number of amides is 2. The zero-order valence-electron chi connectivity index (χ0n) is 18.0. The zero-order chi connectivity index (χ0) is 22.0. The summed E-state index contributed by atoms with van der Waals surface area (Å²) in [4.78, 5) is 34.4. The first-order valence-corrected chi connectivity index (χ1v) is 11.2. The summed E-state index contributed by atoms with van der Waals surface area (Å²) in [6.07, 6.45) is 5.33. The predicted molar refractivity (Wildman–Crippen MR) is 120 cm³/mol. The van der Waals surface area contributed by atoms with Gasteiger partial charge < -0.3 is 14.2 Å². The largest absolute Gasteiger partial charge is 0.449 e. The van der Waals surface area contributed by atoms with Crippen LogP contribution in [0, 0.1) is 5.41 Å². The van der Waals surface area contributed by atoms with Crippen molar-refractivity contribution < 1.29 is 14.0 Å². The van der Waals surface area contributed by atoms with Crippen molar-refractivity contribution in [3.05, 3.63) is 90.1 Å². The predicted octanol–water partition coefficient (Wildman–Crippen LogP) is 3.77. The topological polar surface area (TPSA) is 66.7 Å². The molecule has 0 saturated carbocycles. The number of piperidine rings is 1. The van der Waals surface area contributed by atoms with E-state index in [1.807, 2.05) is 70.5 Å². The van der Waals surface area contributed by atoms with Gasteiger partial charge in [-0.3, -0.25) is 9.59 Å². The van der Waals surface area contributed by atoms with Crippen molar-refractivity contribution in [2.24, 2.45) is 5.41 Å². The highest BCUT2D eigenvalue weighted by Crippen LogP contribution is 2.49. The summed E-state index contributed by atoms with van der Waals surface area (Å²) in [6, 6.07) is 19.3. The van der Waals surface area contributed by atoms with Crippen molar-refractivity contribution >= 4 is 11.8 Å². The Morgan fingerprint density at radius 2 is 1.66 bits per heavy atom. The van der Waals surface area contributed by atoms with Gasteiger partial charge in [-0.05, 0) is 30.5 Å². The molecule has 0 N–H and O–H groups in total. The maximum atomic E-state index is 13.1. The third-order valence-corrected chi connectivity index (χ3v) is 7.02. The second kappa shape index (κ2) is 8.61. The van der Waals surface area contributed by atoms with Crippen molar-refractivity contribution in [1.82, 2.24) is 14.8 Å². The Morgan fingerprint density at radius 3 is 2.31 bits per heavy atom. The van der Waals surface area contributed by atoms with Gasteiger partial charge in [0.05, 0.1) is 18.5 Å². The second-order valence-electron chi connectivity index (χ2n) is 8.88. The summed E-state index contributed by atoms with van der Waals surface area (Å²) < 4.78 is 5.71.